The lowest BCUT2D eigenvalue weighted by Crippen LogP contribution is -2.10. The van der Waals surface area contributed by atoms with Gasteiger partial charge >= 0.3 is 5.97 Å². The first kappa shape index (κ1) is 17.0. The maximum atomic E-state index is 11.9. The molecule has 0 saturated heterocycles. The molecule has 122 valence electrons. The third-order valence-corrected chi connectivity index (χ3v) is 3.22. The van der Waals surface area contributed by atoms with Crippen LogP contribution >= 0.6 is 11.6 Å². The average molecular weight is 341 g/mol. The van der Waals surface area contributed by atoms with Crippen LogP contribution in [0.4, 0.5) is 4.39 Å². The van der Waals surface area contributed by atoms with Crippen LogP contribution in [-0.4, -0.2) is 29.4 Å². The molecule has 0 atom stereocenters. The van der Waals surface area contributed by atoms with Crippen molar-refractivity contribution in [2.75, 3.05) is 13.3 Å². The quantitative estimate of drug-likeness (QED) is 0.618. The Morgan fingerprint density at radius 3 is 2.74 bits per heavy atom. The number of nitrogens with one attached hydrogen (secondary N) is 1. The zero-order chi connectivity index (χ0) is 16.7. The summed E-state index contributed by atoms with van der Waals surface area (Å²) in [5.41, 5.74) is 0.598. The van der Waals surface area contributed by atoms with Crippen molar-refractivity contribution in [3.63, 3.8) is 0 Å². The van der Waals surface area contributed by atoms with E-state index in [-0.39, 0.29) is 30.4 Å². The summed E-state index contributed by atoms with van der Waals surface area (Å²) >= 11 is 5.79. The number of H-pyrrole nitrogens is 1. The Balaban J connectivity index is 1.93. The van der Waals surface area contributed by atoms with Gasteiger partial charge in [0.1, 0.15) is 6.61 Å². The van der Waals surface area contributed by atoms with Crippen molar-refractivity contribution in [3.8, 4) is 5.75 Å². The molecule has 23 heavy (non-hydrogen) atoms. The molecule has 1 aromatic heterocycles. The van der Waals surface area contributed by atoms with Gasteiger partial charge in [0.25, 0.3) is 5.56 Å². The molecule has 1 aromatic carbocycles. The van der Waals surface area contributed by atoms with E-state index < -0.39 is 18.2 Å². The van der Waals surface area contributed by atoms with E-state index in [1.807, 2.05) is 0 Å². The first-order chi connectivity index (χ1) is 11.1. The predicted molar refractivity (Wildman–Crippen MR) is 81.5 cm³/mol. The summed E-state index contributed by atoms with van der Waals surface area (Å²) < 4.78 is 22.2. The van der Waals surface area contributed by atoms with E-state index in [0.717, 1.165) is 5.56 Å². The first-order valence-electron chi connectivity index (χ1n) is 6.80. The van der Waals surface area contributed by atoms with Gasteiger partial charge < -0.3 is 9.47 Å². The molecule has 0 spiro atoms. The van der Waals surface area contributed by atoms with Crippen LogP contribution in [-0.2, 0) is 11.3 Å². The lowest BCUT2D eigenvalue weighted by atomic mass is 10.1. The highest BCUT2D eigenvalue weighted by molar-refractivity contribution is 6.31. The number of rotatable bonds is 7. The fourth-order valence-electron chi connectivity index (χ4n) is 1.67. The number of aromatic amines is 1. The number of hydrogen-bond acceptors (Lipinski definition) is 5. The Morgan fingerprint density at radius 2 is 2.04 bits per heavy atom. The van der Waals surface area contributed by atoms with E-state index in [9.17, 15) is 14.0 Å². The van der Waals surface area contributed by atoms with Gasteiger partial charge in [-0.1, -0.05) is 23.7 Å². The van der Waals surface area contributed by atoms with Gasteiger partial charge in [-0.3, -0.25) is 9.18 Å². The normalized spacial score (nSPS) is 10.3. The zero-order valence-corrected chi connectivity index (χ0v) is 12.8. The van der Waals surface area contributed by atoms with E-state index >= 15 is 0 Å². The van der Waals surface area contributed by atoms with Crippen LogP contribution in [0.5, 0.6) is 5.75 Å². The summed E-state index contributed by atoms with van der Waals surface area (Å²) in [4.78, 5) is 22.9. The van der Waals surface area contributed by atoms with Gasteiger partial charge in [0.2, 0.25) is 0 Å². The lowest BCUT2D eigenvalue weighted by Gasteiger charge is -2.08. The monoisotopic (exact) mass is 340 g/mol. The van der Waals surface area contributed by atoms with Crippen LogP contribution in [0.15, 0.2) is 35.3 Å². The minimum absolute atomic E-state index is 0.0498. The highest BCUT2D eigenvalue weighted by atomic mass is 35.5. The second kappa shape index (κ2) is 8.28. The summed E-state index contributed by atoms with van der Waals surface area (Å²) in [5.74, 6) is -0.335. The maximum absolute atomic E-state index is 11.9. The number of nitrogens with zero attached hydrogens (tertiary/aromatic N) is 1. The number of esters is 1. The number of carbonyl (C=O) groups excluding carboxylic acids is 1. The number of carbonyl (C=O) groups is 1. The topological polar surface area (TPSA) is 81.3 Å². The standard InChI is InChI=1S/C15H14ClFN2O4/c16-13-12(8-18-19-14(13)20)23-9-10-2-4-11(5-3-10)15(21)22-7-1-6-17/h2-5,8H,1,6-7,9H2,(H,19,20). The van der Waals surface area contributed by atoms with Crippen LogP contribution in [0, 0.1) is 0 Å². The molecular formula is C15H14ClFN2O4. The molecule has 0 saturated carbocycles. The van der Waals surface area contributed by atoms with Crippen molar-refractivity contribution in [2.24, 2.45) is 0 Å². The summed E-state index contributed by atoms with van der Waals surface area (Å²) in [6.45, 7) is -0.320. The van der Waals surface area contributed by atoms with Crippen LogP contribution in [0.3, 0.4) is 0 Å². The fourth-order valence-corrected chi connectivity index (χ4v) is 1.81. The van der Waals surface area contributed by atoms with Gasteiger partial charge in [0.15, 0.2) is 10.8 Å². The molecule has 0 bridgehead atoms. The van der Waals surface area contributed by atoms with Crippen LogP contribution in [0.1, 0.15) is 22.3 Å². The van der Waals surface area contributed by atoms with Crippen molar-refractivity contribution >= 4 is 17.6 Å². The summed E-state index contributed by atoms with van der Waals surface area (Å²) in [6.07, 6.45) is 1.49. The molecule has 0 aliphatic heterocycles. The largest absolute Gasteiger partial charge is 0.485 e. The molecule has 0 fully saturated rings. The number of benzene rings is 1. The summed E-state index contributed by atoms with van der Waals surface area (Å²) in [7, 11) is 0. The van der Waals surface area contributed by atoms with Crippen molar-refractivity contribution in [1.29, 1.82) is 0 Å². The molecule has 2 aromatic rings. The second-order valence-corrected chi connectivity index (χ2v) is 4.92. The molecule has 0 unspecified atom stereocenters. The Bertz CT molecular complexity index is 718. The Hall–Kier alpha value is -2.41. The molecule has 1 N–H and O–H groups in total. The highest BCUT2D eigenvalue weighted by Crippen LogP contribution is 2.19. The molecule has 2 rings (SSSR count). The Labute approximate surface area is 136 Å². The zero-order valence-electron chi connectivity index (χ0n) is 12.1. The molecule has 0 aliphatic rings. The number of ether oxygens (including phenoxy) is 2. The molecular weight excluding hydrogens is 327 g/mol. The van der Waals surface area contributed by atoms with Crippen molar-refractivity contribution < 1.29 is 18.7 Å². The number of hydrogen-bond donors (Lipinski definition) is 1. The van der Waals surface area contributed by atoms with Gasteiger partial charge in [-0.2, -0.15) is 5.10 Å². The number of halogens is 2. The van der Waals surface area contributed by atoms with Crippen molar-refractivity contribution in [1.82, 2.24) is 10.2 Å². The SMILES string of the molecule is O=C(OCCCF)c1ccc(COc2cn[nH]c(=O)c2Cl)cc1. The van der Waals surface area contributed by atoms with E-state index in [0.29, 0.717) is 5.56 Å². The minimum atomic E-state index is -0.532. The molecule has 0 radical (unpaired) electrons. The van der Waals surface area contributed by atoms with E-state index in [2.05, 4.69) is 10.2 Å². The van der Waals surface area contributed by atoms with Gasteiger partial charge in [-0.05, 0) is 17.7 Å². The molecule has 0 aliphatic carbocycles. The van der Waals surface area contributed by atoms with Gasteiger partial charge in [0.05, 0.1) is 25.0 Å². The van der Waals surface area contributed by atoms with Crippen molar-refractivity contribution in [2.45, 2.75) is 13.0 Å². The van der Waals surface area contributed by atoms with Gasteiger partial charge in [-0.15, -0.1) is 0 Å². The fraction of sp³-hybridized carbons (Fsp3) is 0.267. The third kappa shape index (κ3) is 4.79. The van der Waals surface area contributed by atoms with E-state index in [1.165, 1.54) is 6.20 Å². The second-order valence-electron chi connectivity index (χ2n) is 4.54. The van der Waals surface area contributed by atoms with Crippen LogP contribution < -0.4 is 10.3 Å². The highest BCUT2D eigenvalue weighted by Gasteiger charge is 2.08. The van der Waals surface area contributed by atoms with Gasteiger partial charge in [-0.25, -0.2) is 9.89 Å². The van der Waals surface area contributed by atoms with Crippen LogP contribution in [0.2, 0.25) is 5.02 Å². The Morgan fingerprint density at radius 1 is 1.30 bits per heavy atom. The smallest absolute Gasteiger partial charge is 0.338 e. The first-order valence-corrected chi connectivity index (χ1v) is 7.17. The van der Waals surface area contributed by atoms with E-state index in [4.69, 9.17) is 21.1 Å². The minimum Gasteiger partial charge on any atom is -0.485 e. The number of aromatic nitrogens is 2. The van der Waals surface area contributed by atoms with Crippen molar-refractivity contribution in [3.05, 3.63) is 57.0 Å². The molecule has 6 nitrogen and oxygen atoms in total. The average Bonchev–Trinajstić information content (AvgIpc) is 2.57. The Kier molecular flexibility index (Phi) is 6.10. The summed E-state index contributed by atoms with van der Waals surface area (Å²) in [5, 5.41) is 5.71. The number of alkyl halides is 1. The van der Waals surface area contributed by atoms with Gasteiger partial charge in [0, 0.05) is 6.42 Å². The van der Waals surface area contributed by atoms with Crippen LogP contribution in [0.25, 0.3) is 0 Å². The maximum Gasteiger partial charge on any atom is 0.338 e. The third-order valence-electron chi connectivity index (χ3n) is 2.86. The molecule has 8 heteroatoms. The summed E-state index contributed by atoms with van der Waals surface area (Å²) in [6, 6.07) is 6.52. The predicted octanol–water partition coefficient (Wildman–Crippen LogP) is 2.52. The lowest BCUT2D eigenvalue weighted by molar-refractivity contribution is 0.0494. The molecule has 0 amide bonds. The molecule has 1 heterocycles. The van der Waals surface area contributed by atoms with E-state index in [1.54, 1.807) is 24.3 Å².